The Balaban J connectivity index is 1.91. The summed E-state index contributed by atoms with van der Waals surface area (Å²) in [7, 11) is 1.63. The van der Waals surface area contributed by atoms with Crippen molar-refractivity contribution in [3.05, 3.63) is 65.5 Å². The van der Waals surface area contributed by atoms with Gasteiger partial charge in [0.2, 0.25) is 5.91 Å². The minimum atomic E-state index is -0.357. The molecule has 1 aromatic heterocycles. The average molecular weight is 382 g/mol. The fourth-order valence-electron chi connectivity index (χ4n) is 2.75. The Labute approximate surface area is 162 Å². The molecule has 6 nitrogen and oxygen atoms in total. The summed E-state index contributed by atoms with van der Waals surface area (Å²) in [4.78, 5) is 11.2. The zero-order valence-electron chi connectivity index (χ0n) is 15.4. The normalized spacial score (nSPS) is 10.7. The van der Waals surface area contributed by atoms with Crippen LogP contribution in [0.2, 0.25) is 0 Å². The highest BCUT2D eigenvalue weighted by atomic mass is 32.2. The maximum atomic E-state index is 11.2. The van der Waals surface area contributed by atoms with Crippen molar-refractivity contribution in [3.8, 4) is 11.4 Å². The molecule has 7 heteroatoms. The highest BCUT2D eigenvalue weighted by molar-refractivity contribution is 7.98. The lowest BCUT2D eigenvalue weighted by Crippen LogP contribution is -2.13. The van der Waals surface area contributed by atoms with Crippen molar-refractivity contribution in [2.75, 3.05) is 7.11 Å². The van der Waals surface area contributed by atoms with Gasteiger partial charge in [-0.05, 0) is 24.6 Å². The minimum absolute atomic E-state index is 0.227. The number of methoxy groups -OCH3 is 1. The monoisotopic (exact) mass is 382 g/mol. The number of primary amides is 1. The lowest BCUT2D eigenvalue weighted by atomic mass is 10.2. The molecule has 27 heavy (non-hydrogen) atoms. The van der Waals surface area contributed by atoms with Crippen molar-refractivity contribution in [2.24, 2.45) is 5.73 Å². The zero-order valence-corrected chi connectivity index (χ0v) is 16.2. The number of carbonyl (C=O) groups excluding carboxylic acids is 1. The van der Waals surface area contributed by atoms with Crippen molar-refractivity contribution in [1.82, 2.24) is 14.8 Å². The van der Waals surface area contributed by atoms with Gasteiger partial charge in [0.1, 0.15) is 11.6 Å². The van der Waals surface area contributed by atoms with Gasteiger partial charge in [-0.25, -0.2) is 0 Å². The van der Waals surface area contributed by atoms with Gasteiger partial charge in [-0.15, -0.1) is 10.2 Å². The summed E-state index contributed by atoms with van der Waals surface area (Å²) in [6, 6.07) is 16.1. The number of aromatic nitrogens is 3. The molecule has 0 saturated heterocycles. The summed E-state index contributed by atoms with van der Waals surface area (Å²) in [5.41, 5.74) is 8.65. The van der Waals surface area contributed by atoms with Crippen LogP contribution in [0.4, 0.5) is 0 Å². The van der Waals surface area contributed by atoms with Gasteiger partial charge in [0.05, 0.1) is 12.8 Å². The summed E-state index contributed by atoms with van der Waals surface area (Å²) in [5.74, 6) is 1.87. The smallest absolute Gasteiger partial charge is 0.217 e. The molecule has 3 aromatic rings. The Bertz CT molecular complexity index is 939. The molecule has 0 bridgehead atoms. The molecule has 0 spiro atoms. The molecule has 1 heterocycles. The van der Waals surface area contributed by atoms with E-state index in [0.29, 0.717) is 12.2 Å². The van der Waals surface area contributed by atoms with E-state index < -0.39 is 0 Å². The predicted molar refractivity (Wildman–Crippen MR) is 106 cm³/mol. The van der Waals surface area contributed by atoms with Gasteiger partial charge in [-0.3, -0.25) is 9.36 Å². The number of rotatable bonds is 8. The predicted octanol–water partition coefficient (Wildman–Crippen LogP) is 3.29. The average Bonchev–Trinajstić information content (AvgIpc) is 3.07. The largest absolute Gasteiger partial charge is 0.497 e. The number of nitrogens with zero attached hydrogens (tertiary/aromatic N) is 3. The molecule has 2 N–H and O–H groups in total. The fourth-order valence-corrected chi connectivity index (χ4v) is 3.66. The SMILES string of the molecule is COc1cccc(-n2c(CCC(N)=O)nnc2SCc2cccc(C)c2)c1. The first-order chi connectivity index (χ1) is 13.1. The second-order valence-electron chi connectivity index (χ2n) is 6.18. The van der Waals surface area contributed by atoms with Crippen molar-refractivity contribution in [1.29, 1.82) is 0 Å². The number of aryl methyl sites for hydroxylation is 2. The zero-order chi connectivity index (χ0) is 19.2. The van der Waals surface area contributed by atoms with Crippen LogP contribution < -0.4 is 10.5 Å². The molecule has 1 amide bonds. The first-order valence-electron chi connectivity index (χ1n) is 8.62. The molecule has 3 rings (SSSR count). The van der Waals surface area contributed by atoms with Gasteiger partial charge in [-0.1, -0.05) is 47.7 Å². The van der Waals surface area contributed by atoms with Gasteiger partial charge < -0.3 is 10.5 Å². The van der Waals surface area contributed by atoms with Crippen LogP contribution in [0, 0.1) is 6.92 Å². The molecule has 0 aliphatic rings. The van der Waals surface area contributed by atoms with E-state index in [1.165, 1.54) is 11.1 Å². The third-order valence-electron chi connectivity index (χ3n) is 4.06. The number of ether oxygens (including phenoxy) is 1. The Morgan fingerprint density at radius 1 is 1.19 bits per heavy atom. The lowest BCUT2D eigenvalue weighted by Gasteiger charge is -2.11. The second-order valence-corrected chi connectivity index (χ2v) is 7.12. The summed E-state index contributed by atoms with van der Waals surface area (Å²) < 4.78 is 7.30. The van der Waals surface area contributed by atoms with E-state index in [1.807, 2.05) is 28.8 Å². The van der Waals surface area contributed by atoms with E-state index in [0.717, 1.165) is 22.3 Å². The number of carbonyl (C=O) groups is 1. The number of thioether (sulfide) groups is 1. The first kappa shape index (κ1) is 19.0. The van der Waals surface area contributed by atoms with Crippen LogP contribution in [0.1, 0.15) is 23.4 Å². The van der Waals surface area contributed by atoms with Crippen molar-refractivity contribution in [3.63, 3.8) is 0 Å². The highest BCUT2D eigenvalue weighted by Crippen LogP contribution is 2.27. The van der Waals surface area contributed by atoms with Crippen molar-refractivity contribution < 1.29 is 9.53 Å². The summed E-state index contributed by atoms with van der Waals surface area (Å²) in [6.07, 6.45) is 0.662. The van der Waals surface area contributed by atoms with E-state index in [4.69, 9.17) is 10.5 Å². The van der Waals surface area contributed by atoms with Crippen LogP contribution in [0.3, 0.4) is 0 Å². The Hall–Kier alpha value is -2.80. The van der Waals surface area contributed by atoms with E-state index in [1.54, 1.807) is 18.9 Å². The summed E-state index contributed by atoms with van der Waals surface area (Å²) in [6.45, 7) is 2.08. The number of amides is 1. The Kier molecular flexibility index (Phi) is 6.13. The number of hydrogen-bond acceptors (Lipinski definition) is 5. The molecular weight excluding hydrogens is 360 g/mol. The van der Waals surface area contributed by atoms with E-state index >= 15 is 0 Å². The van der Waals surface area contributed by atoms with E-state index in [-0.39, 0.29) is 12.3 Å². The molecule has 140 valence electrons. The molecule has 2 aromatic carbocycles. The maximum absolute atomic E-state index is 11.2. The third-order valence-corrected chi connectivity index (χ3v) is 5.06. The topological polar surface area (TPSA) is 83.0 Å². The Morgan fingerprint density at radius 2 is 2.00 bits per heavy atom. The number of hydrogen-bond donors (Lipinski definition) is 1. The fraction of sp³-hybridized carbons (Fsp3) is 0.250. The third kappa shape index (κ3) is 4.89. The van der Waals surface area contributed by atoms with Gasteiger partial charge in [-0.2, -0.15) is 0 Å². The summed E-state index contributed by atoms with van der Waals surface area (Å²) >= 11 is 1.60. The van der Waals surface area contributed by atoms with Crippen LogP contribution in [-0.4, -0.2) is 27.8 Å². The molecule has 0 aliphatic carbocycles. The first-order valence-corrected chi connectivity index (χ1v) is 9.60. The highest BCUT2D eigenvalue weighted by Gasteiger charge is 2.16. The van der Waals surface area contributed by atoms with Gasteiger partial charge in [0.25, 0.3) is 0 Å². The van der Waals surface area contributed by atoms with Gasteiger partial charge in [0.15, 0.2) is 5.16 Å². The molecule has 0 atom stereocenters. The molecular formula is C20H22N4O2S. The second kappa shape index (κ2) is 8.73. The van der Waals surface area contributed by atoms with Crippen molar-refractivity contribution in [2.45, 2.75) is 30.7 Å². The Morgan fingerprint density at radius 3 is 2.74 bits per heavy atom. The van der Waals surface area contributed by atoms with Crippen LogP contribution in [-0.2, 0) is 17.0 Å². The standard InChI is InChI=1S/C20H22N4O2S/c1-14-5-3-6-15(11-14)13-27-20-23-22-19(10-9-18(21)25)24(20)16-7-4-8-17(12-16)26-2/h3-8,11-12H,9-10,13H2,1-2H3,(H2,21,25). The molecule has 0 unspecified atom stereocenters. The molecule has 0 saturated carbocycles. The quantitative estimate of drug-likeness (QED) is 0.605. The summed E-state index contributed by atoms with van der Waals surface area (Å²) in [5, 5.41) is 9.41. The van der Waals surface area contributed by atoms with Crippen LogP contribution in [0.5, 0.6) is 5.75 Å². The van der Waals surface area contributed by atoms with Crippen LogP contribution >= 0.6 is 11.8 Å². The van der Waals surface area contributed by atoms with E-state index in [9.17, 15) is 4.79 Å². The van der Waals surface area contributed by atoms with Crippen LogP contribution in [0.25, 0.3) is 5.69 Å². The molecule has 0 radical (unpaired) electrons. The van der Waals surface area contributed by atoms with Crippen LogP contribution in [0.15, 0.2) is 53.7 Å². The number of nitrogens with two attached hydrogens (primary N) is 1. The maximum Gasteiger partial charge on any atom is 0.217 e. The van der Waals surface area contributed by atoms with Gasteiger partial charge in [0, 0.05) is 24.7 Å². The van der Waals surface area contributed by atoms with E-state index in [2.05, 4.69) is 41.4 Å². The van der Waals surface area contributed by atoms with Gasteiger partial charge >= 0.3 is 0 Å². The van der Waals surface area contributed by atoms with Crippen molar-refractivity contribution >= 4 is 17.7 Å². The number of benzene rings is 2. The minimum Gasteiger partial charge on any atom is -0.497 e. The molecule has 0 aliphatic heterocycles. The molecule has 0 fully saturated rings. The lowest BCUT2D eigenvalue weighted by molar-refractivity contribution is -0.118.